The number of aromatic nitrogens is 1. The zero-order valence-corrected chi connectivity index (χ0v) is 10.2. The van der Waals surface area contributed by atoms with Crippen LogP contribution in [0.5, 0.6) is 0 Å². The van der Waals surface area contributed by atoms with E-state index in [4.69, 9.17) is 0 Å². The molecule has 4 heteroatoms. The van der Waals surface area contributed by atoms with Gasteiger partial charge in [-0.15, -0.1) is 0 Å². The largest absolute Gasteiger partial charge is 0.357 e. The summed E-state index contributed by atoms with van der Waals surface area (Å²) in [7, 11) is 0. The number of aryl methyl sites for hydroxylation is 1. The molecule has 0 saturated heterocycles. The van der Waals surface area contributed by atoms with Gasteiger partial charge in [-0.1, -0.05) is 6.07 Å². The summed E-state index contributed by atoms with van der Waals surface area (Å²) in [6.45, 7) is 8.51. The molecule has 0 fully saturated rings. The summed E-state index contributed by atoms with van der Waals surface area (Å²) < 4.78 is 0. The first-order chi connectivity index (χ1) is 7.77. The Morgan fingerprint density at radius 2 is 2.00 bits per heavy atom. The van der Waals surface area contributed by atoms with E-state index in [1.807, 2.05) is 6.07 Å². The lowest BCUT2D eigenvalue weighted by atomic mass is 10.2. The molecule has 0 atom stereocenters. The number of aliphatic imine (C=N–C) groups is 1. The molecule has 0 bridgehead atoms. The van der Waals surface area contributed by atoms with E-state index < -0.39 is 0 Å². The zero-order chi connectivity index (χ0) is 11.8. The highest BCUT2D eigenvalue weighted by Crippen LogP contribution is 2.03. The van der Waals surface area contributed by atoms with Crippen molar-refractivity contribution < 1.29 is 0 Å². The molecule has 0 amide bonds. The normalized spacial score (nSPS) is 9.69. The van der Waals surface area contributed by atoms with Crippen molar-refractivity contribution in [3.63, 3.8) is 0 Å². The fourth-order valence-corrected chi connectivity index (χ4v) is 1.35. The minimum atomic E-state index is 0.613. The number of nitrogens with one attached hydrogen (secondary N) is 2. The van der Waals surface area contributed by atoms with E-state index in [1.165, 1.54) is 5.56 Å². The van der Waals surface area contributed by atoms with Gasteiger partial charge in [0.15, 0.2) is 5.96 Å². The van der Waals surface area contributed by atoms with Crippen molar-refractivity contribution in [2.75, 3.05) is 13.1 Å². The van der Waals surface area contributed by atoms with Crippen LogP contribution in [0.2, 0.25) is 0 Å². The van der Waals surface area contributed by atoms with Crippen LogP contribution in [0.1, 0.15) is 25.1 Å². The first kappa shape index (κ1) is 12.5. The van der Waals surface area contributed by atoms with Crippen molar-refractivity contribution >= 4 is 5.96 Å². The molecule has 1 aromatic heterocycles. The van der Waals surface area contributed by atoms with Gasteiger partial charge in [-0.25, -0.2) is 4.99 Å². The SMILES string of the molecule is CCNC(=NCc1ncccc1C)NCC. The summed E-state index contributed by atoms with van der Waals surface area (Å²) in [6.07, 6.45) is 1.80. The second-order valence-corrected chi connectivity index (χ2v) is 3.49. The second-order valence-electron chi connectivity index (χ2n) is 3.49. The third-order valence-electron chi connectivity index (χ3n) is 2.19. The van der Waals surface area contributed by atoms with Gasteiger partial charge in [0.2, 0.25) is 0 Å². The highest BCUT2D eigenvalue weighted by Gasteiger charge is 1.98. The van der Waals surface area contributed by atoms with Crippen LogP contribution in [0.4, 0.5) is 0 Å². The molecule has 1 heterocycles. The van der Waals surface area contributed by atoms with Gasteiger partial charge in [0.25, 0.3) is 0 Å². The fourth-order valence-electron chi connectivity index (χ4n) is 1.35. The first-order valence-corrected chi connectivity index (χ1v) is 5.70. The Bertz CT molecular complexity index is 339. The topological polar surface area (TPSA) is 49.3 Å². The van der Waals surface area contributed by atoms with Gasteiger partial charge in [0.1, 0.15) is 0 Å². The Labute approximate surface area is 97.2 Å². The minimum absolute atomic E-state index is 0.613. The molecular weight excluding hydrogens is 200 g/mol. The van der Waals surface area contributed by atoms with Crippen LogP contribution in [0.15, 0.2) is 23.3 Å². The van der Waals surface area contributed by atoms with E-state index >= 15 is 0 Å². The average molecular weight is 220 g/mol. The monoisotopic (exact) mass is 220 g/mol. The van der Waals surface area contributed by atoms with Crippen molar-refractivity contribution in [1.82, 2.24) is 15.6 Å². The van der Waals surface area contributed by atoms with Crippen LogP contribution in [0, 0.1) is 6.92 Å². The number of rotatable bonds is 4. The lowest BCUT2D eigenvalue weighted by molar-refractivity contribution is 0.832. The maximum Gasteiger partial charge on any atom is 0.191 e. The van der Waals surface area contributed by atoms with E-state index in [0.717, 1.165) is 24.7 Å². The molecule has 1 rings (SSSR count). The average Bonchev–Trinajstić information content (AvgIpc) is 2.28. The predicted molar refractivity (Wildman–Crippen MR) is 67.5 cm³/mol. The van der Waals surface area contributed by atoms with Crippen molar-refractivity contribution in [3.05, 3.63) is 29.6 Å². The van der Waals surface area contributed by atoms with Crippen LogP contribution in [-0.2, 0) is 6.54 Å². The van der Waals surface area contributed by atoms with Crippen LogP contribution in [-0.4, -0.2) is 24.0 Å². The molecular formula is C12H20N4. The number of hydrogen-bond donors (Lipinski definition) is 2. The zero-order valence-electron chi connectivity index (χ0n) is 10.2. The molecule has 0 unspecified atom stereocenters. The van der Waals surface area contributed by atoms with Gasteiger partial charge < -0.3 is 10.6 Å². The van der Waals surface area contributed by atoms with Crippen LogP contribution in [0.3, 0.4) is 0 Å². The number of guanidine groups is 1. The first-order valence-electron chi connectivity index (χ1n) is 5.70. The summed E-state index contributed by atoms with van der Waals surface area (Å²) in [5.74, 6) is 0.843. The highest BCUT2D eigenvalue weighted by molar-refractivity contribution is 5.79. The predicted octanol–water partition coefficient (Wildman–Crippen LogP) is 1.47. The van der Waals surface area contributed by atoms with Crippen molar-refractivity contribution in [3.8, 4) is 0 Å². The Morgan fingerprint density at radius 3 is 2.56 bits per heavy atom. The van der Waals surface area contributed by atoms with Crippen LogP contribution >= 0.6 is 0 Å². The van der Waals surface area contributed by atoms with Gasteiger partial charge in [0.05, 0.1) is 12.2 Å². The fraction of sp³-hybridized carbons (Fsp3) is 0.500. The summed E-state index contributed by atoms with van der Waals surface area (Å²) >= 11 is 0. The lowest BCUT2D eigenvalue weighted by Crippen LogP contribution is -2.37. The van der Waals surface area contributed by atoms with E-state index in [0.29, 0.717) is 6.54 Å². The van der Waals surface area contributed by atoms with Gasteiger partial charge in [-0.3, -0.25) is 4.98 Å². The van der Waals surface area contributed by atoms with E-state index in [2.05, 4.69) is 47.4 Å². The molecule has 88 valence electrons. The molecule has 2 N–H and O–H groups in total. The summed E-state index contributed by atoms with van der Waals surface area (Å²) in [6, 6.07) is 4.00. The number of hydrogen-bond acceptors (Lipinski definition) is 2. The molecule has 0 saturated carbocycles. The van der Waals surface area contributed by atoms with Gasteiger partial charge in [0, 0.05) is 19.3 Å². The summed E-state index contributed by atoms with van der Waals surface area (Å²) in [4.78, 5) is 8.77. The van der Waals surface area contributed by atoms with E-state index in [-0.39, 0.29) is 0 Å². The van der Waals surface area contributed by atoms with Crippen LogP contribution in [0.25, 0.3) is 0 Å². The molecule has 0 aromatic carbocycles. The second kappa shape index (κ2) is 6.82. The van der Waals surface area contributed by atoms with Crippen LogP contribution < -0.4 is 10.6 Å². The molecule has 0 aliphatic rings. The smallest absolute Gasteiger partial charge is 0.191 e. The van der Waals surface area contributed by atoms with Gasteiger partial charge in [-0.2, -0.15) is 0 Å². The minimum Gasteiger partial charge on any atom is -0.357 e. The summed E-state index contributed by atoms with van der Waals surface area (Å²) in [5.41, 5.74) is 2.20. The Morgan fingerprint density at radius 1 is 1.31 bits per heavy atom. The quantitative estimate of drug-likeness (QED) is 0.596. The molecule has 16 heavy (non-hydrogen) atoms. The standard InChI is InChI=1S/C12H20N4/c1-4-13-12(14-5-2)16-9-11-10(3)7-6-8-15-11/h6-8H,4-5,9H2,1-3H3,(H2,13,14,16). The maximum atomic E-state index is 4.47. The number of pyridine rings is 1. The third kappa shape index (κ3) is 3.88. The molecule has 1 aromatic rings. The highest BCUT2D eigenvalue weighted by atomic mass is 15.2. The Kier molecular flexibility index (Phi) is 5.32. The third-order valence-corrected chi connectivity index (χ3v) is 2.19. The Hall–Kier alpha value is -1.58. The van der Waals surface area contributed by atoms with Crippen molar-refractivity contribution in [2.45, 2.75) is 27.3 Å². The molecule has 0 aliphatic heterocycles. The van der Waals surface area contributed by atoms with Crippen molar-refractivity contribution in [2.24, 2.45) is 4.99 Å². The van der Waals surface area contributed by atoms with Crippen molar-refractivity contribution in [1.29, 1.82) is 0 Å². The van der Waals surface area contributed by atoms with Gasteiger partial charge >= 0.3 is 0 Å². The van der Waals surface area contributed by atoms with E-state index in [9.17, 15) is 0 Å². The number of nitrogens with zero attached hydrogens (tertiary/aromatic N) is 2. The maximum absolute atomic E-state index is 4.47. The lowest BCUT2D eigenvalue weighted by Gasteiger charge is -2.09. The van der Waals surface area contributed by atoms with E-state index in [1.54, 1.807) is 6.20 Å². The molecule has 0 spiro atoms. The molecule has 4 nitrogen and oxygen atoms in total. The Balaban J connectivity index is 2.65. The van der Waals surface area contributed by atoms with Gasteiger partial charge in [-0.05, 0) is 32.4 Å². The summed E-state index contributed by atoms with van der Waals surface area (Å²) in [5, 5.41) is 6.37. The molecule has 0 aliphatic carbocycles. The molecule has 0 radical (unpaired) electrons.